The minimum atomic E-state index is -0.701. The smallest absolute Gasteiger partial charge is 0.305 e. The molecule has 8 nitrogen and oxygen atoms in total. The lowest BCUT2D eigenvalue weighted by Gasteiger charge is -2.37. The molecular formula is C29H31FN4O4. The summed E-state index contributed by atoms with van der Waals surface area (Å²) in [7, 11) is 1.38. The quantitative estimate of drug-likeness (QED) is 0.286. The van der Waals surface area contributed by atoms with E-state index in [1.165, 1.54) is 25.5 Å². The number of hydrogen-bond donors (Lipinski definition) is 3. The largest absolute Gasteiger partial charge is 0.486 e. The van der Waals surface area contributed by atoms with E-state index < -0.39 is 5.54 Å². The monoisotopic (exact) mass is 518 g/mol. The first-order chi connectivity index (χ1) is 18.4. The van der Waals surface area contributed by atoms with Crippen molar-refractivity contribution in [1.82, 2.24) is 0 Å². The van der Waals surface area contributed by atoms with Crippen molar-refractivity contribution in [1.29, 1.82) is 5.41 Å². The van der Waals surface area contributed by atoms with Crippen molar-refractivity contribution < 1.29 is 23.4 Å². The summed E-state index contributed by atoms with van der Waals surface area (Å²) >= 11 is 0. The van der Waals surface area contributed by atoms with Gasteiger partial charge in [0.1, 0.15) is 19.0 Å². The molecule has 2 unspecified atom stereocenters. The maximum absolute atomic E-state index is 13.3. The summed E-state index contributed by atoms with van der Waals surface area (Å²) in [4.78, 5) is 14.2. The van der Waals surface area contributed by atoms with Crippen LogP contribution in [-0.4, -0.2) is 44.6 Å². The van der Waals surface area contributed by atoms with Gasteiger partial charge in [0.05, 0.1) is 13.2 Å². The van der Waals surface area contributed by atoms with Crippen LogP contribution in [0, 0.1) is 11.2 Å². The molecule has 0 saturated carbocycles. The number of rotatable bonds is 8. The average molecular weight is 519 g/mol. The van der Waals surface area contributed by atoms with E-state index in [1.54, 1.807) is 12.1 Å². The summed E-state index contributed by atoms with van der Waals surface area (Å²) in [6.07, 6.45) is 2.63. The molecule has 4 N–H and O–H groups in total. The van der Waals surface area contributed by atoms with Gasteiger partial charge in [0.2, 0.25) is 0 Å². The summed E-state index contributed by atoms with van der Waals surface area (Å²) in [5.41, 5.74) is 10.3. The molecule has 0 aliphatic carbocycles. The van der Waals surface area contributed by atoms with E-state index in [4.69, 9.17) is 25.4 Å². The number of halogens is 1. The molecule has 3 aromatic rings. The second kappa shape index (κ2) is 10.7. The Morgan fingerprint density at radius 2 is 1.92 bits per heavy atom. The lowest BCUT2D eigenvalue weighted by atomic mass is 9.82. The van der Waals surface area contributed by atoms with Gasteiger partial charge >= 0.3 is 5.97 Å². The number of carbonyl (C=O) groups excluding carboxylic acids is 1. The molecule has 9 heteroatoms. The molecule has 0 radical (unpaired) electrons. The van der Waals surface area contributed by atoms with Gasteiger partial charge in [-0.1, -0.05) is 6.07 Å². The first-order valence-electron chi connectivity index (χ1n) is 12.6. The molecule has 0 amide bonds. The van der Waals surface area contributed by atoms with Crippen LogP contribution in [0.3, 0.4) is 0 Å². The van der Waals surface area contributed by atoms with Gasteiger partial charge < -0.3 is 35.6 Å². The summed E-state index contributed by atoms with van der Waals surface area (Å²) in [6.45, 7) is 1.65. The maximum atomic E-state index is 13.3. The number of anilines is 3. The van der Waals surface area contributed by atoms with Crippen LogP contribution < -0.4 is 25.4 Å². The molecule has 0 bridgehead atoms. The highest BCUT2D eigenvalue weighted by Crippen LogP contribution is 2.46. The minimum Gasteiger partial charge on any atom is -0.486 e. The fraction of sp³-hybridized carbons (Fsp3) is 0.310. The van der Waals surface area contributed by atoms with Crippen LogP contribution in [0.5, 0.6) is 11.5 Å². The molecule has 38 heavy (non-hydrogen) atoms. The molecule has 2 aliphatic heterocycles. The molecule has 3 aromatic carbocycles. The second-order valence-corrected chi connectivity index (χ2v) is 9.61. The van der Waals surface area contributed by atoms with Gasteiger partial charge in [-0.05, 0) is 73.0 Å². The van der Waals surface area contributed by atoms with Crippen LogP contribution in [0.25, 0.3) is 0 Å². The number of hydrogen-bond acceptors (Lipinski definition) is 8. The number of carbonyl (C=O) groups is 1. The van der Waals surface area contributed by atoms with Gasteiger partial charge in [0, 0.05) is 47.3 Å². The number of esters is 1. The summed E-state index contributed by atoms with van der Waals surface area (Å²) in [6, 6.07) is 17.5. The van der Waals surface area contributed by atoms with Crippen molar-refractivity contribution in [2.45, 2.75) is 30.8 Å². The Hall–Kier alpha value is -4.11. The maximum Gasteiger partial charge on any atom is 0.305 e. The van der Waals surface area contributed by atoms with Gasteiger partial charge in [0.15, 0.2) is 11.5 Å². The first kappa shape index (κ1) is 25.5. The number of benzene rings is 3. The van der Waals surface area contributed by atoms with E-state index in [2.05, 4.69) is 10.2 Å². The van der Waals surface area contributed by atoms with E-state index in [1.807, 2.05) is 36.4 Å². The third kappa shape index (κ3) is 5.15. The molecular weight excluding hydrogens is 487 g/mol. The first-order valence-corrected chi connectivity index (χ1v) is 12.6. The highest BCUT2D eigenvalue weighted by Gasteiger charge is 2.46. The Kier molecular flexibility index (Phi) is 7.20. The standard InChI is InChI=1S/C29H31FN4O4/c1-36-27(35)10-11-29(32)12-13-34(28(29)19-2-9-25-26(17-19)38-15-14-37-25)23-7-8-24(20(16-23)18-31)33-22-5-3-21(30)4-6-22/h2-9,16-18,28,31,33H,10-15,32H2,1H3. The Morgan fingerprint density at radius 1 is 1.16 bits per heavy atom. The minimum absolute atomic E-state index is 0.216. The summed E-state index contributed by atoms with van der Waals surface area (Å²) in [5.74, 6) is 0.769. The molecule has 198 valence electrons. The van der Waals surface area contributed by atoms with E-state index in [-0.39, 0.29) is 24.2 Å². The van der Waals surface area contributed by atoms with Crippen LogP contribution in [0.1, 0.15) is 36.4 Å². The van der Waals surface area contributed by atoms with Crippen LogP contribution in [0.2, 0.25) is 0 Å². The SMILES string of the molecule is COC(=O)CCC1(N)CCN(c2ccc(Nc3ccc(F)cc3)c(C=N)c2)C1c1ccc2c(c1)OCCO2. The van der Waals surface area contributed by atoms with Gasteiger partial charge in [0.25, 0.3) is 0 Å². The Labute approximate surface area is 221 Å². The van der Waals surface area contributed by atoms with Gasteiger partial charge in [-0.15, -0.1) is 0 Å². The molecule has 2 atom stereocenters. The highest BCUT2D eigenvalue weighted by atomic mass is 19.1. The molecule has 2 aliphatic rings. The van der Waals surface area contributed by atoms with Gasteiger partial charge in [-0.25, -0.2) is 4.39 Å². The third-order valence-corrected chi connectivity index (χ3v) is 7.22. The molecule has 2 heterocycles. The number of ether oxygens (including phenoxy) is 3. The molecule has 1 saturated heterocycles. The van der Waals surface area contributed by atoms with Crippen molar-refractivity contribution in [3.63, 3.8) is 0 Å². The number of nitrogens with one attached hydrogen (secondary N) is 2. The number of nitrogens with zero attached hydrogens (tertiary/aromatic N) is 1. The third-order valence-electron chi connectivity index (χ3n) is 7.22. The van der Waals surface area contributed by atoms with E-state index in [0.29, 0.717) is 49.7 Å². The van der Waals surface area contributed by atoms with E-state index in [0.717, 1.165) is 22.6 Å². The lowest BCUT2D eigenvalue weighted by molar-refractivity contribution is -0.141. The van der Waals surface area contributed by atoms with Crippen molar-refractivity contribution in [2.24, 2.45) is 5.73 Å². The zero-order valence-electron chi connectivity index (χ0n) is 21.2. The Balaban J connectivity index is 1.49. The van der Waals surface area contributed by atoms with E-state index in [9.17, 15) is 9.18 Å². The Bertz CT molecular complexity index is 1330. The topological polar surface area (TPSA) is 110 Å². The summed E-state index contributed by atoms with van der Waals surface area (Å²) < 4.78 is 29.8. The van der Waals surface area contributed by atoms with Crippen molar-refractivity contribution >= 4 is 29.2 Å². The van der Waals surface area contributed by atoms with Crippen LogP contribution in [0.4, 0.5) is 21.5 Å². The fourth-order valence-corrected chi connectivity index (χ4v) is 5.27. The van der Waals surface area contributed by atoms with Gasteiger partial charge in [-0.2, -0.15) is 0 Å². The molecule has 0 spiro atoms. The normalized spacial score (nSPS) is 20.2. The molecule has 0 aromatic heterocycles. The molecule has 1 fully saturated rings. The average Bonchev–Trinajstić information content (AvgIpc) is 3.30. The Morgan fingerprint density at radius 3 is 2.66 bits per heavy atom. The van der Waals surface area contributed by atoms with Crippen molar-refractivity contribution in [3.8, 4) is 11.5 Å². The van der Waals surface area contributed by atoms with Crippen molar-refractivity contribution in [3.05, 3.63) is 77.6 Å². The highest BCUT2D eigenvalue weighted by molar-refractivity contribution is 5.89. The predicted octanol–water partition coefficient (Wildman–Crippen LogP) is 4.94. The van der Waals surface area contributed by atoms with Crippen LogP contribution in [0.15, 0.2) is 60.7 Å². The van der Waals surface area contributed by atoms with Crippen LogP contribution >= 0.6 is 0 Å². The van der Waals surface area contributed by atoms with E-state index >= 15 is 0 Å². The lowest BCUT2D eigenvalue weighted by Crippen LogP contribution is -2.46. The van der Waals surface area contributed by atoms with Crippen LogP contribution in [-0.2, 0) is 9.53 Å². The number of methoxy groups -OCH3 is 1. The number of fused-ring (bicyclic) bond motifs is 1. The molecule has 5 rings (SSSR count). The van der Waals surface area contributed by atoms with Crippen molar-refractivity contribution in [2.75, 3.05) is 37.1 Å². The van der Waals surface area contributed by atoms with Gasteiger partial charge in [-0.3, -0.25) is 4.79 Å². The number of nitrogens with two attached hydrogens (primary N) is 1. The fourth-order valence-electron chi connectivity index (χ4n) is 5.27. The summed E-state index contributed by atoms with van der Waals surface area (Å²) in [5, 5.41) is 11.3. The predicted molar refractivity (Wildman–Crippen MR) is 144 cm³/mol. The zero-order valence-corrected chi connectivity index (χ0v) is 21.2. The second-order valence-electron chi connectivity index (χ2n) is 9.61. The zero-order chi connectivity index (χ0) is 26.7.